The van der Waals surface area contributed by atoms with Gasteiger partial charge < -0.3 is 10.1 Å². The van der Waals surface area contributed by atoms with Crippen molar-refractivity contribution in [1.82, 2.24) is 0 Å². The fourth-order valence-electron chi connectivity index (χ4n) is 1.52. The van der Waals surface area contributed by atoms with E-state index >= 15 is 0 Å². The molecular weight excluding hydrogens is 208 g/mol. The third-order valence-corrected chi connectivity index (χ3v) is 2.34. The predicted octanol–water partition coefficient (Wildman–Crippen LogP) is 1.49. The lowest BCUT2D eigenvalue weighted by molar-refractivity contribution is -0.139. The monoisotopic (exact) mass is 220 g/mol. The minimum atomic E-state index is -0.302. The SMILES string of the molecule is COC(=O)Cc1ccc2c(c1)N(O)C=CN2. The third-order valence-electron chi connectivity index (χ3n) is 2.34. The molecule has 1 aromatic carbocycles. The van der Waals surface area contributed by atoms with E-state index < -0.39 is 0 Å². The van der Waals surface area contributed by atoms with E-state index in [-0.39, 0.29) is 12.4 Å². The van der Waals surface area contributed by atoms with Gasteiger partial charge in [-0.2, -0.15) is 0 Å². The summed E-state index contributed by atoms with van der Waals surface area (Å²) in [6.45, 7) is 0. The molecule has 0 spiro atoms. The number of nitrogens with zero attached hydrogens (tertiary/aromatic N) is 1. The van der Waals surface area contributed by atoms with E-state index in [2.05, 4.69) is 10.1 Å². The number of methoxy groups -OCH3 is 1. The van der Waals surface area contributed by atoms with E-state index in [1.54, 1.807) is 18.3 Å². The number of rotatable bonds is 2. The number of ether oxygens (including phenoxy) is 1. The number of fused-ring (bicyclic) bond motifs is 1. The zero-order valence-corrected chi connectivity index (χ0v) is 8.80. The summed E-state index contributed by atoms with van der Waals surface area (Å²) < 4.78 is 4.58. The summed E-state index contributed by atoms with van der Waals surface area (Å²) in [5.41, 5.74) is 2.20. The number of benzene rings is 1. The first-order chi connectivity index (χ1) is 7.70. The number of hydrogen-bond donors (Lipinski definition) is 2. The van der Waals surface area contributed by atoms with Crippen LogP contribution >= 0.6 is 0 Å². The van der Waals surface area contributed by atoms with Gasteiger partial charge in [-0.3, -0.25) is 10.0 Å². The van der Waals surface area contributed by atoms with Crippen LogP contribution < -0.4 is 10.4 Å². The van der Waals surface area contributed by atoms with Gasteiger partial charge in [0.2, 0.25) is 0 Å². The second-order valence-electron chi connectivity index (χ2n) is 3.41. The molecular formula is C11H12N2O3. The molecule has 0 unspecified atom stereocenters. The summed E-state index contributed by atoms with van der Waals surface area (Å²) in [5, 5.41) is 13.6. The number of anilines is 2. The molecule has 1 aliphatic heterocycles. The maximum Gasteiger partial charge on any atom is 0.309 e. The van der Waals surface area contributed by atoms with Crippen molar-refractivity contribution in [2.75, 3.05) is 17.5 Å². The molecule has 5 nitrogen and oxygen atoms in total. The zero-order chi connectivity index (χ0) is 11.5. The molecule has 0 fully saturated rings. The summed E-state index contributed by atoms with van der Waals surface area (Å²) in [7, 11) is 1.35. The number of hydrogen-bond acceptors (Lipinski definition) is 5. The van der Waals surface area contributed by atoms with Crippen molar-refractivity contribution in [2.45, 2.75) is 6.42 Å². The lowest BCUT2D eigenvalue weighted by atomic mass is 10.1. The van der Waals surface area contributed by atoms with E-state index in [9.17, 15) is 10.0 Å². The Bertz CT molecular complexity index is 443. The normalized spacial score (nSPS) is 13.0. The van der Waals surface area contributed by atoms with E-state index in [1.165, 1.54) is 13.3 Å². The number of hydroxylamine groups is 1. The molecule has 16 heavy (non-hydrogen) atoms. The summed E-state index contributed by atoms with van der Waals surface area (Å²) in [5.74, 6) is -0.302. The highest BCUT2D eigenvalue weighted by Crippen LogP contribution is 2.29. The third kappa shape index (κ3) is 1.99. The minimum Gasteiger partial charge on any atom is -0.469 e. The highest BCUT2D eigenvalue weighted by Gasteiger charge is 2.12. The quantitative estimate of drug-likeness (QED) is 0.739. The van der Waals surface area contributed by atoms with Crippen LogP contribution in [0.4, 0.5) is 11.4 Å². The van der Waals surface area contributed by atoms with Crippen LogP contribution in [0.5, 0.6) is 0 Å². The molecule has 0 aliphatic carbocycles. The molecule has 0 atom stereocenters. The number of nitrogens with one attached hydrogen (secondary N) is 1. The maximum atomic E-state index is 11.1. The Morgan fingerprint density at radius 2 is 2.38 bits per heavy atom. The van der Waals surface area contributed by atoms with Gasteiger partial charge in [-0.25, -0.2) is 5.06 Å². The first kappa shape index (κ1) is 10.5. The molecule has 2 rings (SSSR count). The van der Waals surface area contributed by atoms with Gasteiger partial charge in [-0.15, -0.1) is 0 Å². The molecule has 1 heterocycles. The Balaban J connectivity index is 2.25. The van der Waals surface area contributed by atoms with Crippen molar-refractivity contribution in [3.8, 4) is 0 Å². The lowest BCUT2D eigenvalue weighted by Crippen LogP contribution is -2.16. The zero-order valence-electron chi connectivity index (χ0n) is 8.80. The summed E-state index contributed by atoms with van der Waals surface area (Å²) in [6, 6.07) is 5.36. The van der Waals surface area contributed by atoms with Crippen LogP contribution in [0.15, 0.2) is 30.6 Å². The Labute approximate surface area is 92.9 Å². The molecule has 1 aliphatic rings. The van der Waals surface area contributed by atoms with Crippen LogP contribution in [0.3, 0.4) is 0 Å². The molecule has 1 aromatic rings. The average molecular weight is 220 g/mol. The van der Waals surface area contributed by atoms with Crippen molar-refractivity contribution >= 4 is 17.3 Å². The molecule has 5 heteroatoms. The van der Waals surface area contributed by atoms with Gasteiger partial charge in [0.25, 0.3) is 0 Å². The van der Waals surface area contributed by atoms with Gasteiger partial charge in [0.15, 0.2) is 0 Å². The van der Waals surface area contributed by atoms with Crippen LogP contribution in [-0.4, -0.2) is 18.3 Å². The molecule has 84 valence electrons. The highest BCUT2D eigenvalue weighted by molar-refractivity contribution is 5.77. The predicted molar refractivity (Wildman–Crippen MR) is 59.2 cm³/mol. The molecule has 2 N–H and O–H groups in total. The van der Waals surface area contributed by atoms with E-state index in [0.29, 0.717) is 5.69 Å². The summed E-state index contributed by atoms with van der Waals surface area (Å²) in [4.78, 5) is 11.1. The Morgan fingerprint density at radius 3 is 3.12 bits per heavy atom. The van der Waals surface area contributed by atoms with Crippen molar-refractivity contribution < 1.29 is 14.7 Å². The first-order valence-corrected chi connectivity index (χ1v) is 4.82. The standard InChI is InChI=1S/C11H12N2O3/c1-16-11(14)7-8-2-3-9-10(6-8)13(15)5-4-12-9/h2-6,12,15H,7H2,1H3. The van der Waals surface area contributed by atoms with Gasteiger partial charge in [-0.1, -0.05) is 6.07 Å². The topological polar surface area (TPSA) is 61.8 Å². The van der Waals surface area contributed by atoms with E-state index in [4.69, 9.17) is 0 Å². The molecule has 0 bridgehead atoms. The summed E-state index contributed by atoms with van der Waals surface area (Å²) >= 11 is 0. The number of carbonyl (C=O) groups is 1. The number of carbonyl (C=O) groups excluding carboxylic acids is 1. The first-order valence-electron chi connectivity index (χ1n) is 4.82. The largest absolute Gasteiger partial charge is 0.469 e. The van der Waals surface area contributed by atoms with Gasteiger partial charge in [0, 0.05) is 12.4 Å². The molecule has 0 aromatic heterocycles. The van der Waals surface area contributed by atoms with Gasteiger partial charge >= 0.3 is 5.97 Å². The van der Waals surface area contributed by atoms with Crippen LogP contribution in [0.1, 0.15) is 5.56 Å². The van der Waals surface area contributed by atoms with E-state index in [1.807, 2.05) is 6.07 Å². The van der Waals surface area contributed by atoms with Crippen LogP contribution in [-0.2, 0) is 16.0 Å². The Hall–Kier alpha value is -2.01. The smallest absolute Gasteiger partial charge is 0.309 e. The lowest BCUT2D eigenvalue weighted by Gasteiger charge is -2.21. The summed E-state index contributed by atoms with van der Waals surface area (Å²) in [6.07, 6.45) is 3.31. The highest BCUT2D eigenvalue weighted by atomic mass is 16.5. The van der Waals surface area contributed by atoms with E-state index in [0.717, 1.165) is 16.3 Å². The van der Waals surface area contributed by atoms with Crippen LogP contribution in [0.2, 0.25) is 0 Å². The van der Waals surface area contributed by atoms with Crippen LogP contribution in [0, 0.1) is 0 Å². The minimum absolute atomic E-state index is 0.196. The fraction of sp³-hybridized carbons (Fsp3) is 0.182. The van der Waals surface area contributed by atoms with Crippen LogP contribution in [0.25, 0.3) is 0 Å². The molecule has 0 saturated carbocycles. The molecule has 0 amide bonds. The Kier molecular flexibility index (Phi) is 2.78. The second kappa shape index (κ2) is 4.24. The van der Waals surface area contributed by atoms with Gasteiger partial charge in [-0.05, 0) is 17.7 Å². The van der Waals surface area contributed by atoms with Crippen molar-refractivity contribution in [1.29, 1.82) is 0 Å². The van der Waals surface area contributed by atoms with Crippen molar-refractivity contribution in [3.05, 3.63) is 36.2 Å². The van der Waals surface area contributed by atoms with Gasteiger partial charge in [0.05, 0.1) is 24.9 Å². The second-order valence-corrected chi connectivity index (χ2v) is 3.41. The van der Waals surface area contributed by atoms with Gasteiger partial charge in [0.1, 0.15) is 0 Å². The molecule has 0 radical (unpaired) electrons. The fourth-order valence-corrected chi connectivity index (χ4v) is 1.52. The average Bonchev–Trinajstić information content (AvgIpc) is 2.30. The Morgan fingerprint density at radius 1 is 1.56 bits per heavy atom. The molecule has 0 saturated heterocycles. The number of esters is 1. The van der Waals surface area contributed by atoms with Crippen molar-refractivity contribution in [2.24, 2.45) is 0 Å². The van der Waals surface area contributed by atoms with Crippen molar-refractivity contribution in [3.63, 3.8) is 0 Å². The maximum absolute atomic E-state index is 11.1.